The lowest BCUT2D eigenvalue weighted by Gasteiger charge is -2.10. The lowest BCUT2D eigenvalue weighted by molar-refractivity contribution is -0.117. The molecule has 1 aromatic heterocycles. The number of benzene rings is 2. The van der Waals surface area contributed by atoms with Crippen molar-refractivity contribution in [2.45, 2.75) is 19.8 Å². The minimum Gasteiger partial charge on any atom is -0.340 e. The minimum atomic E-state index is 0.0961. The predicted molar refractivity (Wildman–Crippen MR) is 108 cm³/mol. The Hall–Kier alpha value is -3.41. The summed E-state index contributed by atoms with van der Waals surface area (Å²) in [4.78, 5) is 20.5. The first-order valence-electron chi connectivity index (χ1n) is 8.99. The first kappa shape index (κ1) is 17.0. The molecule has 1 aliphatic carbocycles. The molecular formula is C21H21N5O. The highest BCUT2D eigenvalue weighted by atomic mass is 16.2. The van der Waals surface area contributed by atoms with Crippen LogP contribution in [0, 0.1) is 12.8 Å². The Morgan fingerprint density at radius 3 is 2.19 bits per heavy atom. The van der Waals surface area contributed by atoms with Gasteiger partial charge in [0.2, 0.25) is 5.91 Å². The number of aryl methyl sites for hydroxylation is 1. The molecule has 0 aliphatic heterocycles. The summed E-state index contributed by atoms with van der Waals surface area (Å²) in [5, 5.41) is 9.49. The van der Waals surface area contributed by atoms with Crippen molar-refractivity contribution in [2.24, 2.45) is 5.92 Å². The molecule has 0 spiro atoms. The number of rotatable bonds is 6. The normalized spacial score (nSPS) is 13.1. The largest absolute Gasteiger partial charge is 0.340 e. The summed E-state index contributed by atoms with van der Waals surface area (Å²) < 4.78 is 0. The molecule has 136 valence electrons. The number of amides is 1. The van der Waals surface area contributed by atoms with E-state index in [1.807, 2.05) is 55.5 Å². The van der Waals surface area contributed by atoms with Gasteiger partial charge < -0.3 is 16.0 Å². The molecule has 1 fully saturated rings. The van der Waals surface area contributed by atoms with E-state index in [0.717, 1.165) is 29.9 Å². The van der Waals surface area contributed by atoms with Gasteiger partial charge in [-0.15, -0.1) is 0 Å². The summed E-state index contributed by atoms with van der Waals surface area (Å²) in [6.07, 6.45) is 3.49. The number of nitrogens with zero attached hydrogens (tertiary/aromatic N) is 2. The van der Waals surface area contributed by atoms with Crippen LogP contribution in [-0.4, -0.2) is 15.9 Å². The number of carbonyl (C=O) groups excluding carboxylic acids is 1. The van der Waals surface area contributed by atoms with Gasteiger partial charge in [0, 0.05) is 29.0 Å². The number of anilines is 5. The van der Waals surface area contributed by atoms with E-state index in [1.165, 1.54) is 11.9 Å². The van der Waals surface area contributed by atoms with Crippen molar-refractivity contribution in [3.05, 3.63) is 66.5 Å². The summed E-state index contributed by atoms with van der Waals surface area (Å²) in [6, 6.07) is 17.6. The van der Waals surface area contributed by atoms with Gasteiger partial charge in [-0.2, -0.15) is 0 Å². The van der Waals surface area contributed by atoms with E-state index in [4.69, 9.17) is 0 Å². The van der Waals surface area contributed by atoms with E-state index >= 15 is 0 Å². The molecule has 1 amide bonds. The zero-order chi connectivity index (χ0) is 18.6. The number of hydrogen-bond acceptors (Lipinski definition) is 5. The molecule has 4 rings (SSSR count). The van der Waals surface area contributed by atoms with E-state index in [0.29, 0.717) is 11.6 Å². The summed E-state index contributed by atoms with van der Waals surface area (Å²) in [6.45, 7) is 2.05. The summed E-state index contributed by atoms with van der Waals surface area (Å²) >= 11 is 0. The smallest absolute Gasteiger partial charge is 0.227 e. The summed E-state index contributed by atoms with van der Waals surface area (Å²) in [5.74, 6) is 1.65. The van der Waals surface area contributed by atoms with Gasteiger partial charge in [-0.3, -0.25) is 4.79 Å². The Morgan fingerprint density at radius 2 is 1.52 bits per heavy atom. The molecule has 0 atom stereocenters. The van der Waals surface area contributed by atoms with E-state index in [1.54, 1.807) is 0 Å². The highest BCUT2D eigenvalue weighted by Crippen LogP contribution is 2.30. The van der Waals surface area contributed by atoms with Gasteiger partial charge >= 0.3 is 0 Å². The second-order valence-electron chi connectivity index (χ2n) is 6.75. The average molecular weight is 359 g/mol. The molecule has 0 bridgehead atoms. The fraction of sp³-hybridized carbons (Fsp3) is 0.190. The van der Waals surface area contributed by atoms with E-state index in [9.17, 15) is 4.79 Å². The van der Waals surface area contributed by atoms with Crippen molar-refractivity contribution in [2.75, 3.05) is 16.0 Å². The quantitative estimate of drug-likeness (QED) is 0.598. The summed E-state index contributed by atoms with van der Waals surface area (Å²) in [5.41, 5.74) is 3.79. The van der Waals surface area contributed by atoms with E-state index < -0.39 is 0 Å². The number of aromatic nitrogens is 2. The van der Waals surface area contributed by atoms with E-state index in [2.05, 4.69) is 32.0 Å². The van der Waals surface area contributed by atoms with Crippen LogP contribution >= 0.6 is 0 Å². The Kier molecular flexibility index (Phi) is 4.70. The maximum Gasteiger partial charge on any atom is 0.227 e. The van der Waals surface area contributed by atoms with Gasteiger partial charge in [0.15, 0.2) is 0 Å². The van der Waals surface area contributed by atoms with Crippen LogP contribution < -0.4 is 16.0 Å². The standard InChI is InChI=1S/C21H21N5O/c1-14-4-2-5-16(10-14)24-19-12-20(23-13-22-19)25-17-6-3-7-18(11-17)26-21(27)15-8-9-15/h2-7,10-13,15H,8-9H2,1H3,(H,26,27)(H2,22,23,24,25). The maximum atomic E-state index is 11.9. The van der Waals surface area contributed by atoms with Crippen LogP contribution in [0.25, 0.3) is 0 Å². The first-order chi connectivity index (χ1) is 13.2. The first-order valence-corrected chi connectivity index (χ1v) is 8.99. The monoisotopic (exact) mass is 359 g/mol. The highest BCUT2D eigenvalue weighted by Gasteiger charge is 2.29. The van der Waals surface area contributed by atoms with Crippen molar-refractivity contribution in [3.63, 3.8) is 0 Å². The Morgan fingerprint density at radius 1 is 0.889 bits per heavy atom. The van der Waals surface area contributed by atoms with Crippen molar-refractivity contribution in [1.29, 1.82) is 0 Å². The molecule has 1 heterocycles. The maximum absolute atomic E-state index is 11.9. The van der Waals surface area contributed by atoms with Crippen LogP contribution in [-0.2, 0) is 4.79 Å². The van der Waals surface area contributed by atoms with Crippen molar-refractivity contribution >= 4 is 34.6 Å². The fourth-order valence-electron chi connectivity index (χ4n) is 2.78. The number of hydrogen-bond donors (Lipinski definition) is 3. The Bertz CT molecular complexity index is 968. The second kappa shape index (κ2) is 7.45. The van der Waals surface area contributed by atoms with Crippen LogP contribution in [0.15, 0.2) is 60.9 Å². The molecule has 27 heavy (non-hydrogen) atoms. The Balaban J connectivity index is 1.45. The van der Waals surface area contributed by atoms with Gasteiger partial charge in [0.05, 0.1) is 0 Å². The van der Waals surface area contributed by atoms with Crippen LogP contribution in [0.1, 0.15) is 18.4 Å². The topological polar surface area (TPSA) is 78.9 Å². The van der Waals surface area contributed by atoms with Gasteiger partial charge in [0.25, 0.3) is 0 Å². The zero-order valence-electron chi connectivity index (χ0n) is 15.1. The highest BCUT2D eigenvalue weighted by molar-refractivity contribution is 5.94. The molecular weight excluding hydrogens is 338 g/mol. The third-order valence-corrected chi connectivity index (χ3v) is 4.31. The molecule has 2 aromatic carbocycles. The van der Waals surface area contributed by atoms with Crippen LogP contribution in [0.4, 0.5) is 28.7 Å². The van der Waals surface area contributed by atoms with Crippen LogP contribution in [0.5, 0.6) is 0 Å². The van der Waals surface area contributed by atoms with Crippen LogP contribution in [0.3, 0.4) is 0 Å². The third-order valence-electron chi connectivity index (χ3n) is 4.31. The molecule has 1 aliphatic rings. The Labute approximate surface area is 158 Å². The molecule has 0 saturated heterocycles. The van der Waals surface area contributed by atoms with Crippen molar-refractivity contribution < 1.29 is 4.79 Å². The molecule has 3 N–H and O–H groups in total. The van der Waals surface area contributed by atoms with Gasteiger partial charge in [-0.05, 0) is 55.7 Å². The molecule has 3 aromatic rings. The van der Waals surface area contributed by atoms with Gasteiger partial charge in [-0.1, -0.05) is 18.2 Å². The second-order valence-corrected chi connectivity index (χ2v) is 6.75. The summed E-state index contributed by atoms with van der Waals surface area (Å²) in [7, 11) is 0. The zero-order valence-corrected chi connectivity index (χ0v) is 15.1. The van der Waals surface area contributed by atoms with Gasteiger partial charge in [-0.25, -0.2) is 9.97 Å². The lowest BCUT2D eigenvalue weighted by Crippen LogP contribution is -2.13. The van der Waals surface area contributed by atoms with Gasteiger partial charge in [0.1, 0.15) is 18.0 Å². The van der Waals surface area contributed by atoms with Crippen molar-refractivity contribution in [1.82, 2.24) is 9.97 Å². The molecule has 0 unspecified atom stereocenters. The molecule has 6 heteroatoms. The number of nitrogens with one attached hydrogen (secondary N) is 3. The predicted octanol–water partition coefficient (Wildman–Crippen LogP) is 4.62. The molecule has 0 radical (unpaired) electrons. The number of carbonyl (C=O) groups is 1. The minimum absolute atomic E-state index is 0.0961. The lowest BCUT2D eigenvalue weighted by atomic mass is 10.2. The van der Waals surface area contributed by atoms with Crippen molar-refractivity contribution in [3.8, 4) is 0 Å². The van der Waals surface area contributed by atoms with E-state index in [-0.39, 0.29) is 11.8 Å². The fourth-order valence-corrected chi connectivity index (χ4v) is 2.78. The van der Waals surface area contributed by atoms with Crippen LogP contribution in [0.2, 0.25) is 0 Å². The SMILES string of the molecule is Cc1cccc(Nc2cc(Nc3cccc(NC(=O)C4CC4)c3)ncn2)c1. The molecule has 6 nitrogen and oxygen atoms in total. The average Bonchev–Trinajstić information content (AvgIpc) is 3.48. The third kappa shape index (κ3) is 4.61. The molecule has 1 saturated carbocycles.